The van der Waals surface area contributed by atoms with E-state index < -0.39 is 41.8 Å². The second-order valence-electron chi connectivity index (χ2n) is 22.2. The van der Waals surface area contributed by atoms with Gasteiger partial charge in [-0.2, -0.15) is 0 Å². The van der Waals surface area contributed by atoms with Crippen molar-refractivity contribution in [1.82, 2.24) is 31.5 Å². The summed E-state index contributed by atoms with van der Waals surface area (Å²) in [6.45, 7) is 5.57. The molecule has 23 heteroatoms. The van der Waals surface area contributed by atoms with Crippen LogP contribution < -0.4 is 66.7 Å². The van der Waals surface area contributed by atoms with E-state index in [2.05, 4.69) is 79.7 Å². The number of hydrogen-bond acceptors (Lipinski definition) is 10. The van der Waals surface area contributed by atoms with E-state index in [1.165, 1.54) is 81.9 Å². The highest BCUT2D eigenvalue weighted by Gasteiger charge is 2.29. The van der Waals surface area contributed by atoms with E-state index in [0.717, 1.165) is 89.9 Å². The Labute approximate surface area is 510 Å². The summed E-state index contributed by atoms with van der Waals surface area (Å²) in [7, 11) is 0. The number of nitrogens with two attached hydrogens (primary N) is 7. The van der Waals surface area contributed by atoms with Crippen LogP contribution >= 0.6 is 0 Å². The van der Waals surface area contributed by atoms with Gasteiger partial charge in [0, 0.05) is 71.5 Å². The highest BCUT2D eigenvalue weighted by Crippen LogP contribution is 2.13. The highest BCUT2D eigenvalue weighted by atomic mass is 16.2. The Morgan fingerprint density at radius 3 is 1.07 bits per heavy atom. The second-order valence-corrected chi connectivity index (χ2v) is 22.2. The van der Waals surface area contributed by atoms with E-state index in [1.807, 2.05) is 0 Å². The van der Waals surface area contributed by atoms with Crippen molar-refractivity contribution >= 4 is 59.2 Å². The van der Waals surface area contributed by atoms with Gasteiger partial charge in [-0.25, -0.2) is 0 Å². The maximum absolute atomic E-state index is 14.0. The van der Waals surface area contributed by atoms with E-state index >= 15 is 0 Å². The molecule has 0 aromatic heterocycles. The van der Waals surface area contributed by atoms with Crippen molar-refractivity contribution in [2.45, 2.75) is 263 Å². The van der Waals surface area contributed by atoms with Gasteiger partial charge in [0.1, 0.15) is 18.1 Å². The van der Waals surface area contributed by atoms with Crippen molar-refractivity contribution in [3.63, 3.8) is 0 Å². The monoisotopic (exact) mass is 1200 g/mol. The molecule has 0 aliphatic carbocycles. The van der Waals surface area contributed by atoms with Crippen LogP contribution in [0.3, 0.4) is 0 Å². The molecule has 0 aliphatic heterocycles. The van der Waals surface area contributed by atoms with Crippen LogP contribution in [0, 0.1) is 0 Å². The molecule has 0 rings (SSSR count). The summed E-state index contributed by atoms with van der Waals surface area (Å²) >= 11 is 0. The molecule has 0 bridgehead atoms. The largest absolute Gasteiger partial charge is 0.370 e. The van der Waals surface area contributed by atoms with Crippen molar-refractivity contribution < 1.29 is 33.6 Å². The minimum atomic E-state index is -1.22. The number of amides is 7. The van der Waals surface area contributed by atoms with Crippen molar-refractivity contribution in [2.24, 2.45) is 55.1 Å². The Kier molecular flexibility index (Phi) is 51.3. The number of nitrogens with zero attached hydrogens (tertiary/aromatic N) is 4. The highest BCUT2D eigenvalue weighted by molar-refractivity contribution is 5.94. The third-order valence-electron chi connectivity index (χ3n) is 14.4. The lowest BCUT2D eigenvalue weighted by molar-refractivity contribution is -0.135. The summed E-state index contributed by atoms with van der Waals surface area (Å²) in [5.74, 6) is -3.96. The summed E-state index contributed by atoms with van der Waals surface area (Å²) in [5.41, 5.74) is 38.5. The summed E-state index contributed by atoms with van der Waals surface area (Å²) in [6, 6.07) is -3.55. The average molecular weight is 1200 g/mol. The molecule has 7 amide bonds. The fraction of sp³-hybridized carbons (Fsp3) is 0.774. The van der Waals surface area contributed by atoms with E-state index in [4.69, 9.17) is 40.1 Å². The van der Waals surface area contributed by atoms with Crippen molar-refractivity contribution in [2.75, 3.05) is 45.8 Å². The molecule has 85 heavy (non-hydrogen) atoms. The smallest absolute Gasteiger partial charge is 0.243 e. The minimum absolute atomic E-state index is 0.0309. The maximum Gasteiger partial charge on any atom is 0.243 e. The molecular weight excluding hydrogens is 1080 g/mol. The van der Waals surface area contributed by atoms with Crippen LogP contribution in [0.2, 0.25) is 0 Å². The Hall–Kier alpha value is -6.42. The zero-order chi connectivity index (χ0) is 63.0. The number of nitrogens with one attached hydrogen (secondary N) is 5. The van der Waals surface area contributed by atoms with Gasteiger partial charge in [0.15, 0.2) is 17.9 Å². The third-order valence-corrected chi connectivity index (χ3v) is 14.4. The molecule has 23 nitrogen and oxygen atoms in total. The van der Waals surface area contributed by atoms with Crippen molar-refractivity contribution in [3.05, 3.63) is 24.3 Å². The first-order valence-corrected chi connectivity index (χ1v) is 32.5. The average Bonchev–Trinajstić information content (AvgIpc) is 3.57. The van der Waals surface area contributed by atoms with E-state index in [9.17, 15) is 33.6 Å². The molecule has 0 aliphatic rings. The molecule has 0 fully saturated rings. The van der Waals surface area contributed by atoms with Gasteiger partial charge in [-0.05, 0) is 103 Å². The molecule has 488 valence electrons. The van der Waals surface area contributed by atoms with Crippen LogP contribution in [-0.2, 0) is 33.6 Å². The van der Waals surface area contributed by atoms with Gasteiger partial charge in [0.25, 0.3) is 0 Å². The van der Waals surface area contributed by atoms with Crippen molar-refractivity contribution in [3.8, 4) is 0 Å². The zero-order valence-electron chi connectivity index (χ0n) is 52.6. The lowest BCUT2D eigenvalue weighted by atomic mass is 10.1. The molecule has 0 heterocycles. The molecule has 0 unspecified atom stereocenters. The van der Waals surface area contributed by atoms with Gasteiger partial charge in [-0.15, -0.1) is 0 Å². The summed E-state index contributed by atoms with van der Waals surface area (Å²) in [4.78, 5) is 107. The molecule has 3 atom stereocenters. The number of allylic oxidation sites excluding steroid dienone is 4. The van der Waals surface area contributed by atoms with Crippen LogP contribution in [0.4, 0.5) is 0 Å². The molecule has 0 aromatic carbocycles. The first-order valence-electron chi connectivity index (χ1n) is 32.5. The normalized spacial score (nSPS) is 12.2. The second kappa shape index (κ2) is 55.5. The summed E-state index contributed by atoms with van der Waals surface area (Å²) in [5, 5.41) is 13.9. The van der Waals surface area contributed by atoms with Crippen LogP contribution in [-0.4, -0.2) is 128 Å². The molecule has 0 spiro atoms. The van der Waals surface area contributed by atoms with Crippen LogP contribution in [0.1, 0.15) is 245 Å². The predicted molar refractivity (Wildman–Crippen MR) is 345 cm³/mol. The standard InChI is InChI=1S/C62H118N16O7/c1-3-5-7-9-11-13-15-17-19-21-23-25-27-29-31-39-53(79)70-46-48-78(49-47-71-54(80)40-32-30-28-26-24-22-20-18-16-14-12-10-8-6-4-2)56(82)42-41-55(81)75-51(37-34-44-73-61(66)67)58(84)77-52(38-35-45-74-62(68)69)59(85)76-50(57(63)83)36-33-43-72-60(64)65/h17-20,50-52H,3-16,21-49H2,1-2H3,(H2,63,83)(H,70,79)(H,71,80)(H,75,81)(H,76,85)(H,77,84)(H4,64,65,72)(H4,66,67,73)(H4,68,69,74)/b19-17-,20-18-/t50-,51-,52-/m0/s1. The number of primary amides is 1. The summed E-state index contributed by atoms with van der Waals surface area (Å²) < 4.78 is 0. The first-order chi connectivity index (χ1) is 41.0. The Bertz CT molecular complexity index is 1900. The van der Waals surface area contributed by atoms with Gasteiger partial charge < -0.3 is 71.6 Å². The van der Waals surface area contributed by atoms with Gasteiger partial charge >= 0.3 is 0 Å². The fourth-order valence-electron chi connectivity index (χ4n) is 9.43. The number of rotatable bonds is 57. The van der Waals surface area contributed by atoms with Crippen molar-refractivity contribution in [1.29, 1.82) is 0 Å². The Morgan fingerprint density at radius 1 is 0.376 bits per heavy atom. The quantitative estimate of drug-likeness (QED) is 0.0144. The molecule has 19 N–H and O–H groups in total. The topological polar surface area (TPSA) is 402 Å². The third kappa shape index (κ3) is 50.6. The zero-order valence-corrected chi connectivity index (χ0v) is 52.6. The Morgan fingerprint density at radius 2 is 0.706 bits per heavy atom. The van der Waals surface area contributed by atoms with Crippen LogP contribution in [0.15, 0.2) is 39.3 Å². The van der Waals surface area contributed by atoms with Crippen LogP contribution in [0.25, 0.3) is 0 Å². The van der Waals surface area contributed by atoms with Gasteiger partial charge in [-0.1, -0.05) is 141 Å². The fourth-order valence-corrected chi connectivity index (χ4v) is 9.43. The minimum Gasteiger partial charge on any atom is -0.370 e. The van der Waals surface area contributed by atoms with Gasteiger partial charge in [0.05, 0.1) is 0 Å². The first kappa shape index (κ1) is 78.6. The van der Waals surface area contributed by atoms with Gasteiger partial charge in [-0.3, -0.25) is 48.5 Å². The maximum atomic E-state index is 14.0. The molecular formula is C62H118N16O7. The number of carbonyl (C=O) groups is 7. The Balaban J connectivity index is 5.71. The number of aliphatic imine (C=N–C) groups is 3. The van der Waals surface area contributed by atoms with E-state index in [-0.39, 0.29) is 126 Å². The van der Waals surface area contributed by atoms with Gasteiger partial charge in [0.2, 0.25) is 41.4 Å². The number of guanidine groups is 3. The lowest BCUT2D eigenvalue weighted by Gasteiger charge is -2.25. The molecule has 0 saturated carbocycles. The number of hydrogen-bond donors (Lipinski definition) is 12. The van der Waals surface area contributed by atoms with Crippen LogP contribution in [0.5, 0.6) is 0 Å². The number of carbonyl (C=O) groups excluding carboxylic acids is 7. The summed E-state index contributed by atoms with van der Waals surface area (Å²) in [6.07, 6.45) is 40.6. The molecule has 0 radical (unpaired) electrons. The molecule has 0 aromatic rings. The number of unbranched alkanes of at least 4 members (excludes halogenated alkanes) is 22. The lowest BCUT2D eigenvalue weighted by Crippen LogP contribution is -2.56. The predicted octanol–water partition coefficient (Wildman–Crippen LogP) is 6.00. The van der Waals surface area contributed by atoms with E-state index in [1.54, 1.807) is 0 Å². The molecule has 0 saturated heterocycles. The van der Waals surface area contributed by atoms with E-state index in [0.29, 0.717) is 19.3 Å². The SMILES string of the molecule is CCCCCCCC/C=C\CCCCCCCC(=O)NCCN(CCNC(=O)CCCCCCC/C=C\CCCCCCCC)C(=O)CCC(=O)N[C@@H](CCCN=C(N)N)C(=O)N[C@@H](CCCN=C(N)N)C(=O)N[C@@H](CCCN=C(N)N)C(N)=O.